The molecule has 1 saturated heterocycles. The lowest BCUT2D eigenvalue weighted by Gasteiger charge is -2.31. The second-order valence-electron chi connectivity index (χ2n) is 4.98. The van der Waals surface area contributed by atoms with Crippen molar-refractivity contribution in [1.29, 1.82) is 0 Å². The summed E-state index contributed by atoms with van der Waals surface area (Å²) >= 11 is 0. The van der Waals surface area contributed by atoms with E-state index in [1.165, 1.54) is 5.69 Å². The van der Waals surface area contributed by atoms with Crippen molar-refractivity contribution >= 4 is 0 Å². The third-order valence-corrected chi connectivity index (χ3v) is 3.61. The van der Waals surface area contributed by atoms with E-state index in [0.29, 0.717) is 12.5 Å². The average molecular weight is 237 g/mol. The van der Waals surface area contributed by atoms with Crippen molar-refractivity contribution in [3.63, 3.8) is 0 Å². The van der Waals surface area contributed by atoms with Gasteiger partial charge in [0.2, 0.25) is 0 Å². The zero-order valence-corrected chi connectivity index (χ0v) is 10.7. The molecule has 0 aliphatic carbocycles. The normalized spacial score (nSPS) is 18.7. The van der Waals surface area contributed by atoms with Crippen LogP contribution in [-0.4, -0.2) is 39.3 Å². The highest BCUT2D eigenvalue weighted by atomic mass is 16.3. The Hall–Kier alpha value is -0.870. The molecule has 2 rings (SSSR count). The smallest absolute Gasteiger partial charge is 0.0948 e. The molecule has 0 bridgehead atoms. The molecule has 1 aliphatic heterocycles. The van der Waals surface area contributed by atoms with E-state index in [1.807, 2.05) is 12.5 Å². The molecule has 0 spiro atoms. The third-order valence-electron chi connectivity index (χ3n) is 3.61. The van der Waals surface area contributed by atoms with E-state index in [2.05, 4.69) is 21.4 Å². The van der Waals surface area contributed by atoms with Gasteiger partial charge < -0.3 is 9.67 Å². The Morgan fingerprint density at radius 2 is 2.18 bits per heavy atom. The Labute approximate surface area is 103 Å². The van der Waals surface area contributed by atoms with Crippen LogP contribution >= 0.6 is 0 Å². The van der Waals surface area contributed by atoms with Gasteiger partial charge in [0.05, 0.1) is 12.0 Å². The summed E-state index contributed by atoms with van der Waals surface area (Å²) in [5, 5.41) is 9.12. The maximum atomic E-state index is 9.12. The maximum absolute atomic E-state index is 9.12. The van der Waals surface area contributed by atoms with Crippen LogP contribution in [-0.2, 0) is 13.1 Å². The number of piperidine rings is 1. The summed E-state index contributed by atoms with van der Waals surface area (Å²) in [6.07, 6.45) is 7.31. The quantitative estimate of drug-likeness (QED) is 0.843. The molecule has 0 radical (unpaired) electrons. The van der Waals surface area contributed by atoms with Gasteiger partial charge in [0.25, 0.3) is 0 Å². The number of nitrogens with zero attached hydrogens (tertiary/aromatic N) is 3. The fourth-order valence-electron chi connectivity index (χ4n) is 2.48. The largest absolute Gasteiger partial charge is 0.396 e. The third kappa shape index (κ3) is 3.30. The molecule has 1 N–H and O–H groups in total. The van der Waals surface area contributed by atoms with Gasteiger partial charge in [0.1, 0.15) is 0 Å². The number of likely N-dealkylation sites (tertiary alicyclic amines) is 1. The first kappa shape index (κ1) is 12.6. The summed E-state index contributed by atoms with van der Waals surface area (Å²) in [6, 6.07) is 0. The van der Waals surface area contributed by atoms with Crippen LogP contribution in [0.1, 0.15) is 31.9 Å². The number of aliphatic hydroxyl groups is 1. The molecule has 17 heavy (non-hydrogen) atoms. The van der Waals surface area contributed by atoms with Gasteiger partial charge >= 0.3 is 0 Å². The van der Waals surface area contributed by atoms with Crippen molar-refractivity contribution in [2.24, 2.45) is 5.92 Å². The second-order valence-corrected chi connectivity index (χ2v) is 4.98. The number of aryl methyl sites for hydroxylation is 1. The Kier molecular flexibility index (Phi) is 4.57. The van der Waals surface area contributed by atoms with Crippen LogP contribution in [0.5, 0.6) is 0 Å². The summed E-state index contributed by atoms with van der Waals surface area (Å²) in [5.41, 5.74) is 1.31. The van der Waals surface area contributed by atoms with E-state index >= 15 is 0 Å². The van der Waals surface area contributed by atoms with Crippen LogP contribution < -0.4 is 0 Å². The van der Waals surface area contributed by atoms with Crippen LogP contribution in [0.15, 0.2) is 12.5 Å². The summed E-state index contributed by atoms with van der Waals surface area (Å²) < 4.78 is 2.25. The van der Waals surface area contributed by atoms with Crippen molar-refractivity contribution in [3.8, 4) is 0 Å². The van der Waals surface area contributed by atoms with Gasteiger partial charge in [0, 0.05) is 25.9 Å². The molecule has 96 valence electrons. The summed E-state index contributed by atoms with van der Waals surface area (Å²) in [5.74, 6) is 0.520. The lowest BCUT2D eigenvalue weighted by Crippen LogP contribution is -2.34. The Balaban J connectivity index is 1.86. The van der Waals surface area contributed by atoms with E-state index in [-0.39, 0.29) is 0 Å². The van der Waals surface area contributed by atoms with Crippen molar-refractivity contribution in [2.75, 3.05) is 19.7 Å². The van der Waals surface area contributed by atoms with E-state index in [9.17, 15) is 0 Å². The van der Waals surface area contributed by atoms with Crippen LogP contribution in [0, 0.1) is 5.92 Å². The molecule has 2 heterocycles. The standard InChI is InChI=1S/C13H23N3O/c1-2-5-16-11-14-8-13(16)9-15-6-3-12(10-17)4-7-15/h8,11-12,17H,2-7,9-10H2,1H3. The predicted octanol–water partition coefficient (Wildman–Crippen LogP) is 1.50. The highest BCUT2D eigenvalue weighted by Crippen LogP contribution is 2.18. The van der Waals surface area contributed by atoms with Crippen LogP contribution in [0.2, 0.25) is 0 Å². The van der Waals surface area contributed by atoms with Gasteiger partial charge in [-0.3, -0.25) is 4.90 Å². The van der Waals surface area contributed by atoms with Gasteiger partial charge in [-0.15, -0.1) is 0 Å². The van der Waals surface area contributed by atoms with Gasteiger partial charge in [-0.2, -0.15) is 0 Å². The minimum absolute atomic E-state index is 0.349. The highest BCUT2D eigenvalue weighted by molar-refractivity contribution is 4.98. The molecule has 4 heteroatoms. The van der Waals surface area contributed by atoms with Gasteiger partial charge in [-0.05, 0) is 38.3 Å². The van der Waals surface area contributed by atoms with E-state index in [0.717, 1.165) is 45.4 Å². The number of hydrogen-bond acceptors (Lipinski definition) is 3. The van der Waals surface area contributed by atoms with E-state index in [4.69, 9.17) is 5.11 Å². The Morgan fingerprint density at radius 3 is 2.82 bits per heavy atom. The molecule has 1 aromatic heterocycles. The summed E-state index contributed by atoms with van der Waals surface area (Å²) in [6.45, 7) is 6.80. The van der Waals surface area contributed by atoms with Crippen LogP contribution in [0.25, 0.3) is 0 Å². The number of aliphatic hydroxyl groups excluding tert-OH is 1. The number of hydrogen-bond donors (Lipinski definition) is 1. The zero-order chi connectivity index (χ0) is 12.1. The molecule has 0 unspecified atom stereocenters. The molecule has 1 aliphatic rings. The first-order valence-electron chi connectivity index (χ1n) is 6.65. The van der Waals surface area contributed by atoms with Crippen molar-refractivity contribution in [2.45, 2.75) is 39.3 Å². The molecular weight excluding hydrogens is 214 g/mol. The summed E-state index contributed by atoms with van der Waals surface area (Å²) in [7, 11) is 0. The maximum Gasteiger partial charge on any atom is 0.0948 e. The molecule has 1 fully saturated rings. The van der Waals surface area contributed by atoms with Crippen LogP contribution in [0.4, 0.5) is 0 Å². The Morgan fingerprint density at radius 1 is 1.41 bits per heavy atom. The Bertz CT molecular complexity index is 329. The monoisotopic (exact) mass is 237 g/mol. The molecule has 0 atom stereocenters. The first-order chi connectivity index (χ1) is 8.33. The van der Waals surface area contributed by atoms with Gasteiger partial charge in [-0.25, -0.2) is 4.98 Å². The second kappa shape index (κ2) is 6.17. The molecule has 0 amide bonds. The van der Waals surface area contributed by atoms with E-state index in [1.54, 1.807) is 0 Å². The van der Waals surface area contributed by atoms with Crippen molar-refractivity contribution in [1.82, 2.24) is 14.5 Å². The minimum Gasteiger partial charge on any atom is -0.396 e. The predicted molar refractivity (Wildman–Crippen MR) is 67.6 cm³/mol. The lowest BCUT2D eigenvalue weighted by molar-refractivity contribution is 0.125. The summed E-state index contributed by atoms with van der Waals surface area (Å²) in [4.78, 5) is 6.70. The van der Waals surface area contributed by atoms with Crippen molar-refractivity contribution in [3.05, 3.63) is 18.2 Å². The van der Waals surface area contributed by atoms with E-state index < -0.39 is 0 Å². The number of aromatic nitrogens is 2. The first-order valence-corrected chi connectivity index (χ1v) is 6.65. The molecule has 4 nitrogen and oxygen atoms in total. The topological polar surface area (TPSA) is 41.3 Å². The van der Waals surface area contributed by atoms with Crippen LogP contribution in [0.3, 0.4) is 0 Å². The fraction of sp³-hybridized carbons (Fsp3) is 0.769. The van der Waals surface area contributed by atoms with Gasteiger partial charge in [0.15, 0.2) is 0 Å². The number of rotatable bonds is 5. The fourth-order valence-corrected chi connectivity index (χ4v) is 2.48. The van der Waals surface area contributed by atoms with Crippen molar-refractivity contribution < 1.29 is 5.11 Å². The number of imidazole rings is 1. The molecule has 0 aromatic carbocycles. The molecular formula is C13H23N3O. The lowest BCUT2D eigenvalue weighted by atomic mass is 9.98. The van der Waals surface area contributed by atoms with Gasteiger partial charge in [-0.1, -0.05) is 6.92 Å². The molecule has 0 saturated carbocycles. The zero-order valence-electron chi connectivity index (χ0n) is 10.7. The molecule has 1 aromatic rings. The SMILES string of the molecule is CCCn1cncc1CN1CCC(CO)CC1. The highest BCUT2D eigenvalue weighted by Gasteiger charge is 2.19. The minimum atomic E-state index is 0.349. The average Bonchev–Trinajstić information content (AvgIpc) is 2.78.